The zero-order valence-electron chi connectivity index (χ0n) is 14.4. The number of nitrogens with zero attached hydrogens (tertiary/aromatic N) is 2. The van der Waals surface area contributed by atoms with Crippen LogP contribution in [0.3, 0.4) is 0 Å². The number of carbonyl (C=O) groups is 3. The number of hydrazone groups is 1. The molecular weight excluding hydrogens is 459 g/mol. The highest BCUT2D eigenvalue weighted by Crippen LogP contribution is 2.23. The molecule has 0 radical (unpaired) electrons. The van der Waals surface area contributed by atoms with Gasteiger partial charge in [0.15, 0.2) is 11.0 Å². The highest BCUT2D eigenvalue weighted by atomic mass is 35.5. The lowest BCUT2D eigenvalue weighted by molar-refractivity contribution is -0.130. The third-order valence-electron chi connectivity index (χ3n) is 3.86. The van der Waals surface area contributed by atoms with Crippen molar-refractivity contribution < 1.29 is 14.4 Å². The quantitative estimate of drug-likeness (QED) is 0.311. The first-order valence-electron chi connectivity index (χ1n) is 8.01. The number of thiocarbonyl (C=S) groups is 1. The second kappa shape index (κ2) is 8.87. The van der Waals surface area contributed by atoms with E-state index in [0.29, 0.717) is 15.7 Å². The zero-order valence-corrected chi connectivity index (χ0v) is 17.4. The molecule has 29 heavy (non-hydrogen) atoms. The molecular formula is C18H11Cl3N4O3S. The number of hydrogen-bond acceptors (Lipinski definition) is 5. The van der Waals surface area contributed by atoms with E-state index in [9.17, 15) is 14.4 Å². The summed E-state index contributed by atoms with van der Waals surface area (Å²) < 4.78 is 0. The first kappa shape index (κ1) is 21.2. The molecule has 1 atom stereocenters. The molecule has 0 unspecified atom stereocenters. The lowest BCUT2D eigenvalue weighted by Gasteiger charge is -2.30. The summed E-state index contributed by atoms with van der Waals surface area (Å²) in [5.74, 6) is -3.15. The van der Waals surface area contributed by atoms with Gasteiger partial charge in [-0.3, -0.25) is 19.3 Å². The minimum atomic E-state index is -1.29. The molecule has 0 saturated carbocycles. The van der Waals surface area contributed by atoms with Crippen molar-refractivity contribution in [2.24, 2.45) is 11.0 Å². The van der Waals surface area contributed by atoms with E-state index < -0.39 is 23.6 Å². The first-order chi connectivity index (χ1) is 13.8. The molecule has 2 aromatic rings. The van der Waals surface area contributed by atoms with Crippen LogP contribution in [0.2, 0.25) is 15.1 Å². The van der Waals surface area contributed by atoms with Crippen LogP contribution in [0.4, 0.5) is 5.69 Å². The van der Waals surface area contributed by atoms with Crippen molar-refractivity contribution in [1.29, 1.82) is 0 Å². The molecule has 0 aromatic heterocycles. The van der Waals surface area contributed by atoms with Crippen LogP contribution in [-0.2, 0) is 9.59 Å². The molecule has 2 N–H and O–H groups in total. The SMILES string of the molecule is O=C(N/N=C\[C@H]1C(=O)NC(=S)N(c2ccc(Cl)cc2)C1=O)c1ccc(Cl)c(Cl)c1. The predicted octanol–water partition coefficient (Wildman–Crippen LogP) is 3.43. The van der Waals surface area contributed by atoms with Gasteiger partial charge >= 0.3 is 0 Å². The normalized spacial score (nSPS) is 16.9. The van der Waals surface area contributed by atoms with Crippen LogP contribution in [0.5, 0.6) is 0 Å². The average Bonchev–Trinajstić information content (AvgIpc) is 2.67. The van der Waals surface area contributed by atoms with Gasteiger partial charge in [-0.25, -0.2) is 5.43 Å². The second-order valence-corrected chi connectivity index (χ2v) is 7.41. The zero-order chi connectivity index (χ0) is 21.1. The molecule has 0 aliphatic carbocycles. The number of hydrogen-bond donors (Lipinski definition) is 2. The molecule has 11 heteroatoms. The predicted molar refractivity (Wildman–Crippen MR) is 116 cm³/mol. The van der Waals surface area contributed by atoms with Crippen LogP contribution in [0.25, 0.3) is 0 Å². The van der Waals surface area contributed by atoms with Gasteiger partial charge < -0.3 is 5.32 Å². The van der Waals surface area contributed by atoms with Crippen molar-refractivity contribution in [2.75, 3.05) is 4.90 Å². The van der Waals surface area contributed by atoms with Crippen LogP contribution in [0, 0.1) is 5.92 Å². The van der Waals surface area contributed by atoms with Gasteiger partial charge in [0.25, 0.3) is 11.8 Å². The monoisotopic (exact) mass is 468 g/mol. The maximum Gasteiger partial charge on any atom is 0.271 e. The Bertz CT molecular complexity index is 1040. The summed E-state index contributed by atoms with van der Waals surface area (Å²) in [5, 5.41) is 7.08. The minimum Gasteiger partial charge on any atom is -0.301 e. The number of anilines is 1. The maximum atomic E-state index is 12.8. The van der Waals surface area contributed by atoms with Gasteiger partial charge in [0, 0.05) is 16.8 Å². The second-order valence-electron chi connectivity index (χ2n) is 5.77. The lowest BCUT2D eigenvalue weighted by atomic mass is 10.1. The van der Waals surface area contributed by atoms with Crippen molar-refractivity contribution in [3.8, 4) is 0 Å². The van der Waals surface area contributed by atoms with E-state index in [2.05, 4.69) is 15.8 Å². The van der Waals surface area contributed by atoms with Gasteiger partial charge in [0.2, 0.25) is 5.91 Å². The number of halogens is 3. The van der Waals surface area contributed by atoms with Crippen LogP contribution in [0.15, 0.2) is 47.6 Å². The fraction of sp³-hybridized carbons (Fsp3) is 0.0556. The lowest BCUT2D eigenvalue weighted by Crippen LogP contribution is -2.58. The van der Waals surface area contributed by atoms with Crippen molar-refractivity contribution in [2.45, 2.75) is 0 Å². The number of carbonyl (C=O) groups excluding carboxylic acids is 3. The molecule has 1 heterocycles. The number of amides is 3. The largest absolute Gasteiger partial charge is 0.301 e. The summed E-state index contributed by atoms with van der Waals surface area (Å²) in [4.78, 5) is 38.2. The third-order valence-corrected chi connectivity index (χ3v) is 5.13. The van der Waals surface area contributed by atoms with Crippen LogP contribution in [-0.4, -0.2) is 29.0 Å². The van der Waals surface area contributed by atoms with Crippen molar-refractivity contribution >= 4 is 81.8 Å². The van der Waals surface area contributed by atoms with E-state index >= 15 is 0 Å². The maximum absolute atomic E-state index is 12.8. The molecule has 3 rings (SSSR count). The molecule has 148 valence electrons. The van der Waals surface area contributed by atoms with Crippen LogP contribution >= 0.6 is 47.0 Å². The minimum absolute atomic E-state index is 0.0631. The molecule has 1 aliphatic heterocycles. The van der Waals surface area contributed by atoms with Crippen molar-refractivity contribution in [3.63, 3.8) is 0 Å². The van der Waals surface area contributed by atoms with E-state index in [1.165, 1.54) is 18.2 Å². The summed E-state index contributed by atoms with van der Waals surface area (Å²) in [6, 6.07) is 10.6. The Morgan fingerprint density at radius 2 is 1.79 bits per heavy atom. The van der Waals surface area contributed by atoms with E-state index in [1.807, 2.05) is 0 Å². The Hall–Kier alpha value is -2.52. The van der Waals surface area contributed by atoms with Gasteiger partial charge in [0.1, 0.15) is 0 Å². The van der Waals surface area contributed by atoms with Gasteiger partial charge in [-0.15, -0.1) is 0 Å². The first-order valence-corrected chi connectivity index (χ1v) is 9.55. The average molecular weight is 470 g/mol. The fourth-order valence-electron chi connectivity index (χ4n) is 2.43. The van der Waals surface area contributed by atoms with Gasteiger partial charge in [0.05, 0.1) is 15.7 Å². The summed E-state index contributed by atoms with van der Waals surface area (Å²) in [6.45, 7) is 0. The van der Waals surface area contributed by atoms with Crippen LogP contribution < -0.4 is 15.6 Å². The molecule has 1 saturated heterocycles. The summed E-state index contributed by atoms with van der Waals surface area (Å²) in [6.07, 6.45) is 1.03. The van der Waals surface area contributed by atoms with Gasteiger partial charge in [-0.1, -0.05) is 34.8 Å². The van der Waals surface area contributed by atoms with E-state index in [4.69, 9.17) is 47.0 Å². The Morgan fingerprint density at radius 1 is 1.10 bits per heavy atom. The standard InChI is InChI=1S/C18H11Cl3N4O3S/c19-10-2-4-11(5-3-10)25-17(28)12(16(27)23-18(25)29)8-22-24-15(26)9-1-6-13(20)14(21)7-9/h1-8,12H,(H,24,26)(H,23,27,29)/b22-8-/t12-/m0/s1. The number of rotatable bonds is 4. The summed E-state index contributed by atoms with van der Waals surface area (Å²) in [7, 11) is 0. The Labute approximate surface area is 185 Å². The Morgan fingerprint density at radius 3 is 2.45 bits per heavy atom. The van der Waals surface area contributed by atoms with Crippen molar-refractivity contribution in [3.05, 3.63) is 63.1 Å². The van der Waals surface area contributed by atoms with Crippen molar-refractivity contribution in [1.82, 2.24) is 10.7 Å². The Balaban J connectivity index is 1.74. The molecule has 2 aromatic carbocycles. The molecule has 1 fully saturated rings. The molecule has 0 bridgehead atoms. The number of nitrogens with one attached hydrogen (secondary N) is 2. The molecule has 1 aliphatic rings. The fourth-order valence-corrected chi connectivity index (χ4v) is 3.15. The highest BCUT2D eigenvalue weighted by Gasteiger charge is 2.38. The smallest absolute Gasteiger partial charge is 0.271 e. The van der Waals surface area contributed by atoms with Gasteiger partial charge in [-0.05, 0) is 54.7 Å². The summed E-state index contributed by atoms with van der Waals surface area (Å²) >= 11 is 22.6. The van der Waals surface area contributed by atoms with Gasteiger partial charge in [-0.2, -0.15) is 5.10 Å². The highest BCUT2D eigenvalue weighted by molar-refractivity contribution is 7.80. The molecule has 0 spiro atoms. The summed E-state index contributed by atoms with van der Waals surface area (Å²) in [5.41, 5.74) is 2.88. The number of benzene rings is 2. The molecule has 3 amide bonds. The van der Waals surface area contributed by atoms with E-state index in [0.717, 1.165) is 11.1 Å². The van der Waals surface area contributed by atoms with Crippen LogP contribution in [0.1, 0.15) is 10.4 Å². The topological polar surface area (TPSA) is 90.9 Å². The Kier molecular flexibility index (Phi) is 6.49. The van der Waals surface area contributed by atoms with E-state index in [1.54, 1.807) is 24.3 Å². The third kappa shape index (κ3) is 4.73. The molecule has 7 nitrogen and oxygen atoms in total. The van der Waals surface area contributed by atoms with E-state index in [-0.39, 0.29) is 15.7 Å².